The van der Waals surface area contributed by atoms with Crippen LogP contribution in [0.3, 0.4) is 0 Å². The summed E-state index contributed by atoms with van der Waals surface area (Å²) in [5, 5.41) is 10.7. The minimum atomic E-state index is -1.02. The van der Waals surface area contributed by atoms with E-state index in [1.54, 1.807) is 32.7 Å². The van der Waals surface area contributed by atoms with Crippen molar-refractivity contribution < 1.29 is 24.2 Å². The van der Waals surface area contributed by atoms with E-state index < -0.39 is 22.9 Å². The van der Waals surface area contributed by atoms with E-state index in [-0.39, 0.29) is 12.6 Å². The molecule has 7 heteroatoms. The summed E-state index contributed by atoms with van der Waals surface area (Å²) in [6.07, 6.45) is -0.0609. The first-order valence-electron chi connectivity index (χ1n) is 8.35. The Bertz CT molecular complexity index is 457. The second-order valence-electron chi connectivity index (χ2n) is 8.53. The first-order chi connectivity index (χ1) is 10.7. The summed E-state index contributed by atoms with van der Waals surface area (Å²) in [5.74, 6) is 0. The molecule has 0 saturated carbocycles. The molecule has 2 amide bonds. The highest BCUT2D eigenvalue weighted by molar-refractivity contribution is 5.68. The second kappa shape index (κ2) is 7.17. The zero-order chi connectivity index (χ0) is 18.8. The number of amides is 2. The van der Waals surface area contributed by atoms with Gasteiger partial charge in [0.25, 0.3) is 0 Å². The standard InChI is InChI=1S/C17H32N2O5/c1-15(2,3)23-13(20)18(7)12-17(22)8-10-19(11-9-17)14(21)24-16(4,5)6/h22H,8-12H2,1-7H3. The van der Waals surface area contributed by atoms with Crippen LogP contribution in [0.5, 0.6) is 0 Å². The molecular weight excluding hydrogens is 312 g/mol. The number of piperidine rings is 1. The molecule has 1 N–H and O–H groups in total. The van der Waals surface area contributed by atoms with Crippen LogP contribution in [-0.2, 0) is 9.47 Å². The molecular formula is C17H32N2O5. The average Bonchev–Trinajstić information content (AvgIpc) is 2.34. The van der Waals surface area contributed by atoms with Crippen molar-refractivity contribution in [1.82, 2.24) is 9.80 Å². The van der Waals surface area contributed by atoms with Gasteiger partial charge in [-0.3, -0.25) is 0 Å². The Morgan fingerprint density at radius 1 is 1.04 bits per heavy atom. The fourth-order valence-corrected chi connectivity index (χ4v) is 2.44. The predicted octanol–water partition coefficient (Wildman–Crippen LogP) is 2.62. The van der Waals surface area contributed by atoms with Gasteiger partial charge in [-0.2, -0.15) is 0 Å². The molecule has 1 heterocycles. The topological polar surface area (TPSA) is 79.3 Å². The predicted molar refractivity (Wildman–Crippen MR) is 90.9 cm³/mol. The van der Waals surface area contributed by atoms with Gasteiger partial charge in [-0.05, 0) is 54.4 Å². The van der Waals surface area contributed by atoms with Crippen LogP contribution in [0.2, 0.25) is 0 Å². The molecule has 0 atom stereocenters. The number of hydrogen-bond acceptors (Lipinski definition) is 5. The third-order valence-corrected chi connectivity index (χ3v) is 3.58. The number of rotatable bonds is 2. The molecule has 0 aromatic heterocycles. The van der Waals surface area contributed by atoms with Crippen LogP contribution in [0.25, 0.3) is 0 Å². The minimum absolute atomic E-state index is 0.171. The first kappa shape index (κ1) is 20.5. The Kier molecular flexibility index (Phi) is 6.14. The van der Waals surface area contributed by atoms with Crippen LogP contribution in [0.1, 0.15) is 54.4 Å². The van der Waals surface area contributed by atoms with Crippen molar-refractivity contribution in [2.75, 3.05) is 26.7 Å². The van der Waals surface area contributed by atoms with E-state index in [2.05, 4.69) is 0 Å². The summed E-state index contributed by atoms with van der Waals surface area (Å²) in [4.78, 5) is 27.0. The number of carbonyl (C=O) groups is 2. The number of likely N-dealkylation sites (tertiary alicyclic amines) is 1. The lowest BCUT2D eigenvalue weighted by atomic mass is 9.91. The quantitative estimate of drug-likeness (QED) is 0.833. The largest absolute Gasteiger partial charge is 0.444 e. The molecule has 1 fully saturated rings. The van der Waals surface area contributed by atoms with E-state index in [9.17, 15) is 14.7 Å². The van der Waals surface area contributed by atoms with Crippen LogP contribution in [0.15, 0.2) is 0 Å². The Hall–Kier alpha value is -1.50. The summed E-state index contributed by atoms with van der Waals surface area (Å²) in [7, 11) is 1.60. The van der Waals surface area contributed by atoms with Crippen molar-refractivity contribution in [1.29, 1.82) is 0 Å². The molecule has 1 rings (SSSR count). The lowest BCUT2D eigenvalue weighted by molar-refractivity contribution is -0.0511. The van der Waals surface area contributed by atoms with Gasteiger partial charge in [0.05, 0.1) is 12.1 Å². The van der Waals surface area contributed by atoms with Crippen molar-refractivity contribution in [2.24, 2.45) is 0 Å². The van der Waals surface area contributed by atoms with Gasteiger partial charge in [0, 0.05) is 20.1 Å². The third kappa shape index (κ3) is 6.95. The maximum Gasteiger partial charge on any atom is 0.410 e. The van der Waals surface area contributed by atoms with Crippen molar-refractivity contribution in [3.63, 3.8) is 0 Å². The monoisotopic (exact) mass is 344 g/mol. The fourth-order valence-electron chi connectivity index (χ4n) is 2.44. The van der Waals surface area contributed by atoms with E-state index >= 15 is 0 Å². The fraction of sp³-hybridized carbons (Fsp3) is 0.882. The molecule has 0 aliphatic carbocycles. The van der Waals surface area contributed by atoms with E-state index in [0.29, 0.717) is 25.9 Å². The zero-order valence-corrected chi connectivity index (χ0v) is 16.0. The van der Waals surface area contributed by atoms with E-state index in [1.807, 2.05) is 20.8 Å². The zero-order valence-electron chi connectivity index (χ0n) is 16.0. The normalized spacial score (nSPS) is 18.1. The van der Waals surface area contributed by atoms with Gasteiger partial charge in [0.2, 0.25) is 0 Å². The van der Waals surface area contributed by atoms with Gasteiger partial charge in [-0.1, -0.05) is 0 Å². The van der Waals surface area contributed by atoms with Crippen LogP contribution >= 0.6 is 0 Å². The van der Waals surface area contributed by atoms with Gasteiger partial charge >= 0.3 is 12.2 Å². The van der Waals surface area contributed by atoms with Crippen LogP contribution < -0.4 is 0 Å². The molecule has 0 unspecified atom stereocenters. The summed E-state index contributed by atoms with van der Waals surface area (Å²) >= 11 is 0. The number of aliphatic hydroxyl groups is 1. The molecule has 24 heavy (non-hydrogen) atoms. The maximum atomic E-state index is 12.0. The highest BCUT2D eigenvalue weighted by atomic mass is 16.6. The van der Waals surface area contributed by atoms with Gasteiger partial charge < -0.3 is 24.4 Å². The average molecular weight is 344 g/mol. The van der Waals surface area contributed by atoms with Crippen molar-refractivity contribution >= 4 is 12.2 Å². The number of nitrogens with zero attached hydrogens (tertiary/aromatic N) is 2. The van der Waals surface area contributed by atoms with Gasteiger partial charge in [0.15, 0.2) is 0 Å². The Labute approximate surface area is 144 Å². The van der Waals surface area contributed by atoms with Crippen LogP contribution in [-0.4, -0.2) is 70.6 Å². The van der Waals surface area contributed by atoms with E-state index in [4.69, 9.17) is 9.47 Å². The summed E-state index contributed by atoms with van der Waals surface area (Å²) in [6, 6.07) is 0. The molecule has 7 nitrogen and oxygen atoms in total. The molecule has 1 saturated heterocycles. The van der Waals surface area contributed by atoms with E-state index in [0.717, 1.165) is 0 Å². The molecule has 140 valence electrons. The molecule has 1 aliphatic rings. The van der Waals surface area contributed by atoms with Crippen LogP contribution in [0, 0.1) is 0 Å². The highest BCUT2D eigenvalue weighted by Gasteiger charge is 2.37. The molecule has 0 radical (unpaired) electrons. The lowest BCUT2D eigenvalue weighted by Crippen LogP contribution is -2.53. The molecule has 0 bridgehead atoms. The number of ether oxygens (including phenoxy) is 2. The number of likely N-dealkylation sites (N-methyl/N-ethyl adjacent to an activating group) is 1. The number of carbonyl (C=O) groups excluding carboxylic acids is 2. The smallest absolute Gasteiger partial charge is 0.410 e. The van der Waals surface area contributed by atoms with E-state index in [1.165, 1.54) is 4.90 Å². The van der Waals surface area contributed by atoms with Crippen molar-refractivity contribution in [2.45, 2.75) is 71.2 Å². The van der Waals surface area contributed by atoms with Gasteiger partial charge in [-0.15, -0.1) is 0 Å². The third-order valence-electron chi connectivity index (χ3n) is 3.58. The Morgan fingerprint density at radius 3 is 1.92 bits per heavy atom. The summed E-state index contributed by atoms with van der Waals surface area (Å²) < 4.78 is 10.6. The van der Waals surface area contributed by atoms with Crippen molar-refractivity contribution in [3.05, 3.63) is 0 Å². The number of hydrogen-bond donors (Lipinski definition) is 1. The lowest BCUT2D eigenvalue weighted by Gasteiger charge is -2.40. The molecule has 0 aromatic rings. The van der Waals surface area contributed by atoms with Crippen molar-refractivity contribution in [3.8, 4) is 0 Å². The van der Waals surface area contributed by atoms with Crippen LogP contribution in [0.4, 0.5) is 9.59 Å². The second-order valence-corrected chi connectivity index (χ2v) is 8.53. The van der Waals surface area contributed by atoms with Gasteiger partial charge in [0.1, 0.15) is 11.2 Å². The highest BCUT2D eigenvalue weighted by Crippen LogP contribution is 2.25. The Balaban J connectivity index is 2.53. The van der Waals surface area contributed by atoms with Gasteiger partial charge in [-0.25, -0.2) is 9.59 Å². The molecule has 1 aliphatic heterocycles. The first-order valence-corrected chi connectivity index (χ1v) is 8.35. The Morgan fingerprint density at radius 2 is 1.50 bits per heavy atom. The molecule has 0 spiro atoms. The maximum absolute atomic E-state index is 12.0. The minimum Gasteiger partial charge on any atom is -0.444 e. The summed E-state index contributed by atoms with van der Waals surface area (Å²) in [6.45, 7) is 11.8. The molecule has 0 aromatic carbocycles. The summed E-state index contributed by atoms with van der Waals surface area (Å²) in [5.41, 5.74) is -2.14. The SMILES string of the molecule is CN(CC1(O)CCN(C(=O)OC(C)(C)C)CC1)C(=O)OC(C)(C)C.